The van der Waals surface area contributed by atoms with Crippen LogP contribution in [0.15, 0.2) is 71.1 Å². The van der Waals surface area contributed by atoms with Gasteiger partial charge in [0.15, 0.2) is 11.6 Å². The van der Waals surface area contributed by atoms with Crippen LogP contribution in [0.3, 0.4) is 0 Å². The lowest BCUT2D eigenvalue weighted by molar-refractivity contribution is -0.119. The molecule has 1 heterocycles. The molecule has 206 valence electrons. The highest BCUT2D eigenvalue weighted by Crippen LogP contribution is 2.54. The van der Waals surface area contributed by atoms with Crippen LogP contribution in [0.2, 0.25) is 5.02 Å². The van der Waals surface area contributed by atoms with E-state index in [0.29, 0.717) is 37.6 Å². The number of hydrogen-bond donors (Lipinski definition) is 0. The predicted molar refractivity (Wildman–Crippen MR) is 154 cm³/mol. The predicted octanol–water partition coefficient (Wildman–Crippen LogP) is 7.25. The lowest BCUT2D eigenvalue weighted by atomic mass is 9.63. The summed E-state index contributed by atoms with van der Waals surface area (Å²) in [6.07, 6.45) is 2.54. The van der Waals surface area contributed by atoms with Gasteiger partial charge in [-0.2, -0.15) is 0 Å². The maximum Gasteiger partial charge on any atom is 0.162 e. The molecule has 0 saturated heterocycles. The molecule has 0 atom stereocenters. The van der Waals surface area contributed by atoms with Gasteiger partial charge in [-0.25, -0.2) is 0 Å². The van der Waals surface area contributed by atoms with E-state index < -0.39 is 0 Å². The molecule has 39 heavy (non-hydrogen) atoms. The molecule has 3 aliphatic rings. The van der Waals surface area contributed by atoms with E-state index in [0.717, 1.165) is 52.3 Å². The Balaban J connectivity index is 1.55. The van der Waals surface area contributed by atoms with E-state index in [-0.39, 0.29) is 28.3 Å². The summed E-state index contributed by atoms with van der Waals surface area (Å²) in [5.41, 5.74) is 5.40. The molecule has 5 nitrogen and oxygen atoms in total. The van der Waals surface area contributed by atoms with E-state index in [1.807, 2.05) is 48.5 Å². The summed E-state index contributed by atoms with van der Waals surface area (Å²) in [5, 5.41) is 0.694. The van der Waals surface area contributed by atoms with Crippen molar-refractivity contribution in [1.82, 2.24) is 4.90 Å². The molecule has 0 amide bonds. The second-order valence-corrected chi connectivity index (χ2v) is 13.1. The average Bonchev–Trinajstić information content (AvgIpc) is 2.86. The van der Waals surface area contributed by atoms with Gasteiger partial charge in [0.1, 0.15) is 12.4 Å². The maximum atomic E-state index is 13.8. The minimum atomic E-state index is -0.355. The first-order valence-corrected chi connectivity index (χ1v) is 14.1. The van der Waals surface area contributed by atoms with E-state index in [1.54, 1.807) is 7.11 Å². The molecule has 0 fully saturated rings. The van der Waals surface area contributed by atoms with Crippen LogP contribution in [0.5, 0.6) is 5.75 Å². The van der Waals surface area contributed by atoms with Gasteiger partial charge < -0.3 is 14.4 Å². The van der Waals surface area contributed by atoms with E-state index >= 15 is 0 Å². The van der Waals surface area contributed by atoms with E-state index in [9.17, 15) is 9.59 Å². The van der Waals surface area contributed by atoms with Crippen molar-refractivity contribution < 1.29 is 19.1 Å². The average molecular weight is 548 g/mol. The van der Waals surface area contributed by atoms with Crippen molar-refractivity contribution >= 4 is 23.2 Å². The molecule has 6 heteroatoms. The van der Waals surface area contributed by atoms with Gasteiger partial charge >= 0.3 is 0 Å². The highest BCUT2D eigenvalue weighted by Gasteiger charge is 2.48. The summed E-state index contributed by atoms with van der Waals surface area (Å²) in [5.74, 6) is 0.662. The maximum absolute atomic E-state index is 13.8. The summed E-state index contributed by atoms with van der Waals surface area (Å²) >= 11 is 6.00. The molecule has 0 unspecified atom stereocenters. The summed E-state index contributed by atoms with van der Waals surface area (Å²) in [6.45, 7) is 10.2. The molecule has 1 aliphatic heterocycles. The Hall–Kier alpha value is -2.89. The first-order valence-electron chi connectivity index (χ1n) is 13.7. The standard InChI is InChI=1S/C33H38ClNO4/c1-32(2)16-25-30(27(36)18-32)29(31-26(35(25)14-15-38-5)17-33(3,4)19-28(31)37)22-8-12-24(13-9-22)39-20-21-6-10-23(34)11-7-21/h6-13,29H,14-20H2,1-5H3. The largest absolute Gasteiger partial charge is 0.489 e. The number of ether oxygens (including phenoxy) is 2. The van der Waals surface area contributed by atoms with E-state index in [4.69, 9.17) is 21.1 Å². The number of allylic oxidation sites excluding steroid dienone is 4. The van der Waals surface area contributed by atoms with Crippen molar-refractivity contribution in [2.24, 2.45) is 10.8 Å². The van der Waals surface area contributed by atoms with Gasteiger partial charge in [0, 0.05) is 60.0 Å². The first-order chi connectivity index (χ1) is 18.5. The molecule has 2 aromatic carbocycles. The fourth-order valence-corrected chi connectivity index (χ4v) is 6.46. The topological polar surface area (TPSA) is 55.8 Å². The molecule has 0 bridgehead atoms. The quantitative estimate of drug-likeness (QED) is 0.365. The van der Waals surface area contributed by atoms with Gasteiger partial charge in [-0.3, -0.25) is 9.59 Å². The normalized spacial score (nSPS) is 20.7. The number of methoxy groups -OCH3 is 1. The van der Waals surface area contributed by atoms with E-state index in [2.05, 4.69) is 32.6 Å². The SMILES string of the molecule is COCCN1C2=C(C(=O)CC(C)(C)C2)C(c2ccc(OCc3ccc(Cl)cc3)cc2)C2=C1CC(C)(C)CC2=O. The van der Waals surface area contributed by atoms with Gasteiger partial charge in [-0.05, 0) is 59.1 Å². The third kappa shape index (κ3) is 5.71. The Morgan fingerprint density at radius 3 is 1.87 bits per heavy atom. The number of nitrogens with zero attached hydrogens (tertiary/aromatic N) is 1. The monoisotopic (exact) mass is 547 g/mol. The minimum absolute atomic E-state index is 0.140. The number of halogens is 1. The van der Waals surface area contributed by atoms with Crippen LogP contribution < -0.4 is 4.74 Å². The second kappa shape index (κ2) is 10.6. The number of rotatable bonds is 7. The first kappa shape index (κ1) is 27.7. The Morgan fingerprint density at radius 2 is 1.36 bits per heavy atom. The second-order valence-electron chi connectivity index (χ2n) is 12.7. The van der Waals surface area contributed by atoms with Crippen LogP contribution in [0.25, 0.3) is 0 Å². The molecule has 0 spiro atoms. The molecule has 2 aliphatic carbocycles. The highest BCUT2D eigenvalue weighted by molar-refractivity contribution is 6.30. The molecule has 0 aromatic heterocycles. The van der Waals surface area contributed by atoms with Crippen molar-refractivity contribution in [2.75, 3.05) is 20.3 Å². The van der Waals surface area contributed by atoms with Crippen molar-refractivity contribution in [3.63, 3.8) is 0 Å². The lowest BCUT2D eigenvalue weighted by Gasteiger charge is -2.49. The summed E-state index contributed by atoms with van der Waals surface area (Å²) < 4.78 is 11.5. The Bertz CT molecular complexity index is 1280. The van der Waals surface area contributed by atoms with E-state index in [1.165, 1.54) is 0 Å². The van der Waals surface area contributed by atoms with Crippen molar-refractivity contribution in [1.29, 1.82) is 0 Å². The zero-order chi connectivity index (χ0) is 27.9. The Morgan fingerprint density at radius 1 is 0.821 bits per heavy atom. The fourth-order valence-electron chi connectivity index (χ4n) is 6.34. The van der Waals surface area contributed by atoms with Crippen LogP contribution in [-0.2, 0) is 20.9 Å². The Kier molecular flexibility index (Phi) is 7.51. The number of hydrogen-bond acceptors (Lipinski definition) is 5. The molecule has 0 saturated carbocycles. The molecule has 2 aromatic rings. The highest BCUT2D eigenvalue weighted by atomic mass is 35.5. The lowest BCUT2D eigenvalue weighted by Crippen LogP contribution is -2.45. The van der Waals surface area contributed by atoms with Gasteiger partial charge in [0.25, 0.3) is 0 Å². The number of carbonyl (C=O) groups is 2. The number of carbonyl (C=O) groups excluding carboxylic acids is 2. The van der Waals surface area contributed by atoms with Gasteiger partial charge in [0.05, 0.1) is 6.61 Å². The minimum Gasteiger partial charge on any atom is -0.489 e. The fraction of sp³-hybridized carbons (Fsp3) is 0.455. The summed E-state index contributed by atoms with van der Waals surface area (Å²) in [7, 11) is 1.69. The zero-order valence-electron chi connectivity index (χ0n) is 23.6. The third-order valence-corrected chi connectivity index (χ3v) is 8.33. The van der Waals surface area contributed by atoms with Crippen molar-refractivity contribution in [3.05, 3.63) is 87.2 Å². The van der Waals surface area contributed by atoms with Gasteiger partial charge in [0.2, 0.25) is 0 Å². The van der Waals surface area contributed by atoms with Crippen LogP contribution >= 0.6 is 11.6 Å². The smallest absolute Gasteiger partial charge is 0.162 e. The molecule has 0 radical (unpaired) electrons. The van der Waals surface area contributed by atoms with Crippen LogP contribution in [-0.4, -0.2) is 36.7 Å². The number of benzene rings is 2. The molecular weight excluding hydrogens is 510 g/mol. The zero-order valence-corrected chi connectivity index (χ0v) is 24.4. The van der Waals surface area contributed by atoms with Crippen LogP contribution in [0.1, 0.15) is 70.4 Å². The van der Waals surface area contributed by atoms with Gasteiger partial charge in [-0.15, -0.1) is 0 Å². The van der Waals surface area contributed by atoms with Crippen molar-refractivity contribution in [3.8, 4) is 5.75 Å². The van der Waals surface area contributed by atoms with Crippen molar-refractivity contribution in [2.45, 2.75) is 65.9 Å². The summed E-state index contributed by atoms with van der Waals surface area (Å²) in [4.78, 5) is 29.9. The van der Waals surface area contributed by atoms with Crippen LogP contribution in [0, 0.1) is 10.8 Å². The molecule has 5 rings (SSSR count). The number of ketones is 2. The molecule has 0 N–H and O–H groups in total. The number of Topliss-reactive ketones (excluding diaryl/α,β-unsaturated/α-hetero) is 2. The Labute approximate surface area is 236 Å². The van der Waals surface area contributed by atoms with Gasteiger partial charge in [-0.1, -0.05) is 63.6 Å². The summed E-state index contributed by atoms with van der Waals surface area (Å²) in [6, 6.07) is 15.5. The van der Waals surface area contributed by atoms with Crippen LogP contribution in [0.4, 0.5) is 0 Å². The molecular formula is C33H38ClNO4. The third-order valence-electron chi connectivity index (χ3n) is 8.07.